The van der Waals surface area contributed by atoms with E-state index >= 15 is 0 Å². The number of nitrogens with zero attached hydrogens (tertiary/aromatic N) is 4. The number of aromatic nitrogens is 3. The fourth-order valence-electron chi connectivity index (χ4n) is 6.03. The van der Waals surface area contributed by atoms with Crippen LogP contribution in [0.2, 0.25) is 0 Å². The number of hydrogen-bond acceptors (Lipinski definition) is 10. The molecule has 15 heteroatoms. The van der Waals surface area contributed by atoms with Gasteiger partial charge in [-0.2, -0.15) is 0 Å². The van der Waals surface area contributed by atoms with Gasteiger partial charge in [0.05, 0.1) is 31.2 Å². The molecular weight excluding hydrogens is 563 g/mol. The number of alkyl carbamates (subject to hydrolysis) is 1. The molecule has 230 valence electrons. The number of ether oxygens (including phenoxy) is 3. The molecule has 1 aromatic heterocycles. The predicted octanol–water partition coefficient (Wildman–Crippen LogP) is 2.63. The molecule has 1 saturated heterocycles. The standard InChI is InChI=1S/C27H34F3N5O7/c1-3-40-26(38)31-14-6-8-27(9-7-14)11-15(33-42-27)10-19-25(39-2)23(24(37)20(13-36)41-19)35-12-18(32-34-35)16-4-5-17(28)22(30)21(16)29/h4-5,12,14,19-20,23-25,36-37H,3,6-11,13H2,1-2H3,(H,31,38)/t14?,19-,20-,23+,24+,25+,27?/m1/s1. The number of aliphatic hydroxyl groups is 2. The Kier molecular flexibility index (Phi) is 9.01. The van der Waals surface area contributed by atoms with E-state index in [1.807, 2.05) is 0 Å². The Hall–Kier alpha value is -3.27. The maximum absolute atomic E-state index is 14.4. The van der Waals surface area contributed by atoms with E-state index in [9.17, 15) is 28.2 Å². The molecule has 5 rings (SSSR count). The predicted molar refractivity (Wildman–Crippen MR) is 140 cm³/mol. The molecule has 1 saturated carbocycles. The van der Waals surface area contributed by atoms with Crippen molar-refractivity contribution in [2.45, 2.75) is 87.5 Å². The average Bonchev–Trinajstić information content (AvgIpc) is 3.61. The van der Waals surface area contributed by atoms with Crippen molar-refractivity contribution < 1.29 is 47.2 Å². The minimum absolute atomic E-state index is 0.0121. The zero-order valence-electron chi connectivity index (χ0n) is 23.2. The molecule has 2 aliphatic heterocycles. The van der Waals surface area contributed by atoms with E-state index < -0.39 is 66.2 Å². The lowest BCUT2D eigenvalue weighted by Gasteiger charge is -2.43. The molecule has 1 amide bonds. The van der Waals surface area contributed by atoms with Crippen molar-refractivity contribution in [2.24, 2.45) is 5.16 Å². The third kappa shape index (κ3) is 5.96. The maximum atomic E-state index is 14.4. The Morgan fingerprint density at radius 2 is 1.98 bits per heavy atom. The number of hydrogen-bond donors (Lipinski definition) is 3. The highest BCUT2D eigenvalue weighted by atomic mass is 19.2. The summed E-state index contributed by atoms with van der Waals surface area (Å²) in [5.41, 5.74) is -0.167. The number of methoxy groups -OCH3 is 1. The number of aliphatic hydroxyl groups excluding tert-OH is 2. The minimum atomic E-state index is -1.63. The van der Waals surface area contributed by atoms with E-state index in [1.54, 1.807) is 6.92 Å². The fourth-order valence-corrected chi connectivity index (χ4v) is 6.03. The first-order valence-electron chi connectivity index (χ1n) is 13.9. The van der Waals surface area contributed by atoms with Gasteiger partial charge in [-0.15, -0.1) is 5.10 Å². The Labute approximate surface area is 239 Å². The lowest BCUT2D eigenvalue weighted by molar-refractivity contribution is -0.210. The topological polar surface area (TPSA) is 150 Å². The van der Waals surface area contributed by atoms with E-state index in [0.29, 0.717) is 44.4 Å². The molecule has 1 spiro atoms. The zero-order chi connectivity index (χ0) is 30.0. The third-order valence-corrected chi connectivity index (χ3v) is 8.19. The lowest BCUT2D eigenvalue weighted by Crippen LogP contribution is -2.57. The molecule has 2 aromatic rings. The molecule has 42 heavy (non-hydrogen) atoms. The molecule has 1 aliphatic carbocycles. The first-order valence-corrected chi connectivity index (χ1v) is 13.9. The van der Waals surface area contributed by atoms with Crippen molar-refractivity contribution in [3.05, 3.63) is 35.8 Å². The third-order valence-electron chi connectivity index (χ3n) is 8.19. The van der Waals surface area contributed by atoms with Crippen LogP contribution >= 0.6 is 0 Å². The van der Waals surface area contributed by atoms with Crippen LogP contribution < -0.4 is 5.32 Å². The van der Waals surface area contributed by atoms with E-state index in [2.05, 4.69) is 20.8 Å². The molecule has 3 heterocycles. The highest BCUT2D eigenvalue weighted by Gasteiger charge is 2.49. The molecule has 3 N–H and O–H groups in total. The van der Waals surface area contributed by atoms with E-state index in [-0.39, 0.29) is 23.7 Å². The van der Waals surface area contributed by atoms with Crippen LogP contribution in [0, 0.1) is 17.5 Å². The molecule has 12 nitrogen and oxygen atoms in total. The largest absolute Gasteiger partial charge is 0.450 e. The van der Waals surface area contributed by atoms with Gasteiger partial charge in [0, 0.05) is 31.6 Å². The summed E-state index contributed by atoms with van der Waals surface area (Å²) in [4.78, 5) is 17.7. The second-order valence-corrected chi connectivity index (χ2v) is 10.8. The van der Waals surface area contributed by atoms with Crippen LogP contribution in [0.3, 0.4) is 0 Å². The van der Waals surface area contributed by atoms with Crippen LogP contribution in [-0.2, 0) is 19.0 Å². The summed E-state index contributed by atoms with van der Waals surface area (Å²) < 4.78 is 59.7. The number of oxime groups is 1. The lowest BCUT2D eigenvalue weighted by atomic mass is 9.78. The van der Waals surface area contributed by atoms with Crippen LogP contribution in [-0.4, -0.2) is 93.4 Å². The smallest absolute Gasteiger partial charge is 0.407 e. The number of benzene rings is 1. The zero-order valence-corrected chi connectivity index (χ0v) is 23.2. The Bertz CT molecular complexity index is 1300. The normalized spacial score (nSPS) is 31.1. The number of nitrogens with one attached hydrogen (secondary N) is 1. The highest BCUT2D eigenvalue weighted by Crippen LogP contribution is 2.41. The number of carbonyl (C=O) groups excluding carboxylic acids is 1. The average molecular weight is 598 g/mol. The fraction of sp³-hybridized carbons (Fsp3) is 0.630. The number of amides is 1. The van der Waals surface area contributed by atoms with Gasteiger partial charge in [0.25, 0.3) is 0 Å². The minimum Gasteiger partial charge on any atom is -0.450 e. The Balaban J connectivity index is 1.29. The van der Waals surface area contributed by atoms with E-state index in [1.165, 1.54) is 18.0 Å². The second kappa shape index (κ2) is 12.5. The summed E-state index contributed by atoms with van der Waals surface area (Å²) in [7, 11) is 1.43. The van der Waals surface area contributed by atoms with Crippen LogP contribution in [0.1, 0.15) is 51.5 Å². The van der Waals surface area contributed by atoms with Gasteiger partial charge in [0.1, 0.15) is 35.6 Å². The Morgan fingerprint density at radius 3 is 2.67 bits per heavy atom. The van der Waals surface area contributed by atoms with Gasteiger partial charge in [0.15, 0.2) is 17.5 Å². The SMILES string of the molecule is CCOC(=O)NC1CCC2(CC1)CC(C[C@H]1O[C@H](CO)[C@H](O)[C@H](n3cc(-c4ccc(F)c(F)c4F)nn3)[C@H]1OC)=NO2. The van der Waals surface area contributed by atoms with Crippen LogP contribution in [0.15, 0.2) is 23.5 Å². The number of rotatable bonds is 8. The first-order chi connectivity index (χ1) is 20.2. The molecule has 5 atom stereocenters. The molecule has 2 fully saturated rings. The van der Waals surface area contributed by atoms with E-state index in [0.717, 1.165) is 12.1 Å². The summed E-state index contributed by atoms with van der Waals surface area (Å²) >= 11 is 0. The van der Waals surface area contributed by atoms with Crippen molar-refractivity contribution in [1.29, 1.82) is 0 Å². The molecule has 1 aromatic carbocycles. The summed E-state index contributed by atoms with van der Waals surface area (Å²) in [6, 6.07) is 0.889. The second-order valence-electron chi connectivity index (χ2n) is 10.8. The van der Waals surface area contributed by atoms with Crippen molar-refractivity contribution in [1.82, 2.24) is 20.3 Å². The maximum Gasteiger partial charge on any atom is 0.407 e. The number of carbonyl (C=O) groups is 1. The van der Waals surface area contributed by atoms with Crippen molar-refractivity contribution in [2.75, 3.05) is 20.3 Å². The van der Waals surface area contributed by atoms with Gasteiger partial charge in [-0.05, 0) is 44.7 Å². The van der Waals surface area contributed by atoms with E-state index in [4.69, 9.17) is 19.0 Å². The summed E-state index contributed by atoms with van der Waals surface area (Å²) in [6.07, 6.45) is 0.622. The molecule has 0 bridgehead atoms. The van der Waals surface area contributed by atoms with Gasteiger partial charge in [-0.3, -0.25) is 0 Å². The Morgan fingerprint density at radius 1 is 1.21 bits per heavy atom. The summed E-state index contributed by atoms with van der Waals surface area (Å²) in [6.45, 7) is 1.54. The molecule has 3 aliphatic rings. The van der Waals surface area contributed by atoms with Crippen LogP contribution in [0.5, 0.6) is 0 Å². The quantitative estimate of drug-likeness (QED) is 0.391. The highest BCUT2D eigenvalue weighted by molar-refractivity contribution is 5.86. The van der Waals surface area contributed by atoms with Gasteiger partial charge in [-0.25, -0.2) is 22.6 Å². The van der Waals surface area contributed by atoms with Gasteiger partial charge in [-0.1, -0.05) is 10.4 Å². The molecule has 0 unspecified atom stereocenters. The first kappa shape index (κ1) is 30.2. The summed E-state index contributed by atoms with van der Waals surface area (Å²) in [5.74, 6) is -4.38. The van der Waals surface area contributed by atoms with Crippen LogP contribution in [0.25, 0.3) is 11.3 Å². The molecule has 0 radical (unpaired) electrons. The van der Waals surface area contributed by atoms with Crippen molar-refractivity contribution in [3.63, 3.8) is 0 Å². The van der Waals surface area contributed by atoms with Gasteiger partial charge < -0.3 is 34.6 Å². The van der Waals surface area contributed by atoms with Crippen LogP contribution in [0.4, 0.5) is 18.0 Å². The summed E-state index contributed by atoms with van der Waals surface area (Å²) in [5, 5.41) is 36.1. The molecular formula is C27H34F3N5O7. The van der Waals surface area contributed by atoms with Gasteiger partial charge >= 0.3 is 6.09 Å². The van der Waals surface area contributed by atoms with Crippen molar-refractivity contribution >= 4 is 11.8 Å². The monoisotopic (exact) mass is 597 g/mol. The van der Waals surface area contributed by atoms with Crippen molar-refractivity contribution in [3.8, 4) is 11.3 Å². The van der Waals surface area contributed by atoms with Gasteiger partial charge in [0.2, 0.25) is 0 Å². The number of halogens is 3.